The van der Waals surface area contributed by atoms with E-state index in [1.807, 2.05) is 12.3 Å². The number of pyridine rings is 1. The van der Waals surface area contributed by atoms with Gasteiger partial charge in [0.2, 0.25) is 17.5 Å². The Kier molecular flexibility index (Phi) is 7.83. The fraction of sp³-hybridized carbons (Fsp3) is 0.483. The van der Waals surface area contributed by atoms with E-state index in [-0.39, 0.29) is 5.71 Å². The first-order valence-electron chi connectivity index (χ1n) is 13.6. The third-order valence-corrected chi connectivity index (χ3v) is 8.16. The lowest BCUT2D eigenvalue weighted by Gasteiger charge is -2.42. The minimum absolute atomic E-state index is 0.0563. The van der Waals surface area contributed by atoms with Crippen LogP contribution in [0, 0.1) is 34.1 Å². The molecule has 1 aromatic heterocycles. The van der Waals surface area contributed by atoms with Crippen LogP contribution in [-0.4, -0.2) is 59.1 Å². The molecule has 1 saturated heterocycles. The second-order valence-corrected chi connectivity index (χ2v) is 10.9. The zero-order valence-corrected chi connectivity index (χ0v) is 22.4. The number of anilines is 1. The van der Waals surface area contributed by atoms with E-state index in [9.17, 15) is 10.4 Å². The van der Waals surface area contributed by atoms with E-state index in [4.69, 9.17) is 4.74 Å². The topological polar surface area (TPSA) is 102 Å². The molecule has 0 spiro atoms. The van der Waals surface area contributed by atoms with Crippen LogP contribution >= 0.6 is 0 Å². The average molecular weight is 518 g/mol. The lowest BCUT2D eigenvalue weighted by molar-refractivity contribution is -0.377. The second kappa shape index (κ2) is 11.4. The van der Waals surface area contributed by atoms with Crippen LogP contribution in [0.3, 0.4) is 0 Å². The summed E-state index contributed by atoms with van der Waals surface area (Å²) in [5, 5.41) is 26.3. The summed E-state index contributed by atoms with van der Waals surface area (Å²) in [6, 6.07) is 6.12. The normalized spacial score (nSPS) is 25.8. The van der Waals surface area contributed by atoms with Gasteiger partial charge in [0.25, 0.3) is 0 Å². The second-order valence-electron chi connectivity index (χ2n) is 10.9. The highest BCUT2D eigenvalue weighted by Crippen LogP contribution is 2.40. The van der Waals surface area contributed by atoms with Crippen LogP contribution < -0.4 is 10.3 Å². The molecule has 3 atom stereocenters. The van der Waals surface area contributed by atoms with Crippen molar-refractivity contribution in [2.24, 2.45) is 28.8 Å². The Hall–Kier alpha value is -3.59. The van der Waals surface area contributed by atoms with Crippen LogP contribution in [0.1, 0.15) is 33.6 Å². The monoisotopic (exact) mass is 517 g/mol. The summed E-state index contributed by atoms with van der Waals surface area (Å²) >= 11 is 0. The molecule has 0 amide bonds. The fourth-order valence-electron chi connectivity index (χ4n) is 5.92. The molecule has 9 nitrogen and oxygen atoms in total. The highest BCUT2D eigenvalue weighted by atomic mass is 16.8. The lowest BCUT2D eigenvalue weighted by atomic mass is 9.69. The maximum absolute atomic E-state index is 10.9. The molecule has 3 unspecified atom stereocenters. The predicted octanol–water partition coefficient (Wildman–Crippen LogP) is 4.17. The molecule has 2 aliphatic carbocycles. The van der Waals surface area contributed by atoms with Gasteiger partial charge in [-0.15, -0.1) is 5.10 Å². The van der Waals surface area contributed by atoms with E-state index >= 15 is 0 Å². The maximum atomic E-state index is 10.9. The Labute approximate surface area is 224 Å². The van der Waals surface area contributed by atoms with Crippen molar-refractivity contribution in [2.75, 3.05) is 37.6 Å². The van der Waals surface area contributed by atoms with E-state index < -0.39 is 4.90 Å². The van der Waals surface area contributed by atoms with Gasteiger partial charge >= 0.3 is 0 Å². The number of aromatic nitrogens is 1. The van der Waals surface area contributed by atoms with Gasteiger partial charge < -0.3 is 20.1 Å². The van der Waals surface area contributed by atoms with Crippen LogP contribution in [0.25, 0.3) is 0 Å². The van der Waals surface area contributed by atoms with Gasteiger partial charge in [0.15, 0.2) is 0 Å². The molecule has 0 radical (unpaired) electrons. The Balaban J connectivity index is 1.18. The lowest BCUT2D eigenvalue weighted by Crippen LogP contribution is -2.49. The number of hydrazone groups is 1. The summed E-state index contributed by atoms with van der Waals surface area (Å²) in [5.74, 6) is 4.39. The van der Waals surface area contributed by atoms with Crippen molar-refractivity contribution in [3.05, 3.63) is 82.2 Å². The minimum atomic E-state index is -0.405. The standard InChI is InChI=1S/C29H37N6O3/c1-20(2)26-17-23(18-28-31-32-29(38-28)22-7-9-25(10-8-22)35(36)37)21(3)16-24(26)19-33-12-14-34(15-13-33)27-6-4-5-11-30-27/h4-11,16,20,23-24,26,32H,12-15,17-19H2,1-3H3/q-1. The van der Waals surface area contributed by atoms with Gasteiger partial charge in [-0.3, -0.25) is 4.90 Å². The van der Waals surface area contributed by atoms with E-state index in [2.05, 4.69) is 64.3 Å². The van der Waals surface area contributed by atoms with Gasteiger partial charge in [0, 0.05) is 63.1 Å². The van der Waals surface area contributed by atoms with Gasteiger partial charge in [0.05, 0.1) is 0 Å². The number of rotatable bonds is 6. The Morgan fingerprint density at radius 2 is 1.87 bits per heavy atom. The number of nitrogens with zero attached hydrogens (tertiary/aromatic N) is 5. The molecule has 0 saturated carbocycles. The van der Waals surface area contributed by atoms with Crippen molar-refractivity contribution in [3.63, 3.8) is 0 Å². The number of piperazine rings is 1. The number of nitrogens with one attached hydrogen (secondary N) is 1. The number of hydrogen-bond donors (Lipinski definition) is 1. The Morgan fingerprint density at radius 3 is 2.53 bits per heavy atom. The summed E-state index contributed by atoms with van der Waals surface area (Å²) in [4.78, 5) is 9.11. The molecule has 0 aromatic carbocycles. The number of allylic oxidation sites excluding steroid dienone is 6. The van der Waals surface area contributed by atoms with Gasteiger partial charge in [-0.25, -0.2) is 10.4 Å². The SMILES string of the molecule is CC1=CC(CN2CCN(c3ccccn3)CC2)C(C(C)C)CC1CC1=NNC(=C2C=CC(=[N+]([O-])[O-])C=C2)O1. The van der Waals surface area contributed by atoms with E-state index in [0.29, 0.717) is 35.5 Å². The molecule has 9 heteroatoms. The third kappa shape index (κ3) is 5.93. The zero-order chi connectivity index (χ0) is 26.6. The Bertz CT molecular complexity index is 1170. The molecular formula is C29H37N6O3-. The molecule has 4 aliphatic rings. The van der Waals surface area contributed by atoms with Gasteiger partial charge in [0.1, 0.15) is 5.82 Å². The van der Waals surface area contributed by atoms with Crippen LogP contribution in [-0.2, 0) is 4.74 Å². The van der Waals surface area contributed by atoms with Gasteiger partial charge in [-0.1, -0.05) is 31.6 Å². The largest absolute Gasteiger partial charge is 0.612 e. The molecule has 2 aliphatic heterocycles. The molecular weight excluding hydrogens is 480 g/mol. The van der Waals surface area contributed by atoms with Crippen LogP contribution in [0.5, 0.6) is 0 Å². The quantitative estimate of drug-likeness (QED) is 0.343. The van der Waals surface area contributed by atoms with Crippen LogP contribution in [0.4, 0.5) is 5.82 Å². The first-order chi connectivity index (χ1) is 18.4. The van der Waals surface area contributed by atoms with Gasteiger partial charge in [-0.05, 0) is 61.3 Å². The van der Waals surface area contributed by atoms with Crippen LogP contribution in [0.15, 0.2) is 76.9 Å². The summed E-state index contributed by atoms with van der Waals surface area (Å²) in [6.07, 6.45) is 12.6. The molecule has 1 N–H and O–H groups in total. The third-order valence-electron chi connectivity index (χ3n) is 8.16. The molecule has 5 rings (SSSR count). The first-order valence-corrected chi connectivity index (χ1v) is 13.6. The van der Waals surface area contributed by atoms with E-state index in [1.54, 1.807) is 12.2 Å². The summed E-state index contributed by atoms with van der Waals surface area (Å²) in [5.41, 5.74) is 5.18. The van der Waals surface area contributed by atoms with Crippen molar-refractivity contribution in [2.45, 2.75) is 33.6 Å². The highest BCUT2D eigenvalue weighted by Gasteiger charge is 2.34. The highest BCUT2D eigenvalue weighted by molar-refractivity contribution is 6.02. The minimum Gasteiger partial charge on any atom is -0.612 e. The Morgan fingerprint density at radius 1 is 1.11 bits per heavy atom. The van der Waals surface area contributed by atoms with Gasteiger partial charge in [-0.2, -0.15) is 4.90 Å². The molecule has 3 heterocycles. The predicted molar refractivity (Wildman–Crippen MR) is 150 cm³/mol. The first kappa shape index (κ1) is 26.0. The summed E-state index contributed by atoms with van der Waals surface area (Å²) in [7, 11) is 0. The zero-order valence-electron chi connectivity index (χ0n) is 22.4. The number of hydrogen-bond acceptors (Lipinski definition) is 8. The molecule has 202 valence electrons. The maximum Gasteiger partial charge on any atom is 0.222 e. The molecule has 1 fully saturated rings. The fourth-order valence-corrected chi connectivity index (χ4v) is 5.92. The number of ether oxygens (including phenoxy) is 1. The van der Waals surface area contributed by atoms with Crippen molar-refractivity contribution in [1.82, 2.24) is 15.3 Å². The van der Waals surface area contributed by atoms with Crippen molar-refractivity contribution < 1.29 is 9.64 Å². The van der Waals surface area contributed by atoms with E-state index in [1.165, 1.54) is 17.7 Å². The van der Waals surface area contributed by atoms with E-state index in [0.717, 1.165) is 57.0 Å². The van der Waals surface area contributed by atoms with Crippen molar-refractivity contribution in [3.8, 4) is 0 Å². The van der Waals surface area contributed by atoms with Crippen LogP contribution in [0.2, 0.25) is 0 Å². The smallest absolute Gasteiger partial charge is 0.222 e. The summed E-state index contributed by atoms with van der Waals surface area (Å²) in [6.45, 7) is 12.2. The van der Waals surface area contributed by atoms with Crippen molar-refractivity contribution >= 4 is 17.4 Å². The molecule has 1 aromatic rings. The molecule has 38 heavy (non-hydrogen) atoms. The van der Waals surface area contributed by atoms with Crippen molar-refractivity contribution in [1.29, 1.82) is 0 Å². The summed E-state index contributed by atoms with van der Waals surface area (Å²) < 4.78 is 6.03. The molecule has 0 bridgehead atoms. The average Bonchev–Trinajstić information content (AvgIpc) is 3.39.